The predicted molar refractivity (Wildman–Crippen MR) is 76.4 cm³/mol. The van der Waals surface area contributed by atoms with Gasteiger partial charge in [0.05, 0.1) is 4.92 Å². The van der Waals surface area contributed by atoms with Crippen molar-refractivity contribution in [3.05, 3.63) is 63.7 Å². The highest BCUT2D eigenvalue weighted by Crippen LogP contribution is 2.28. The first-order chi connectivity index (χ1) is 9.63. The topological polar surface area (TPSA) is 90.4 Å². The number of nitrogens with zero attached hydrogens (tertiary/aromatic N) is 1. The van der Waals surface area contributed by atoms with Crippen molar-refractivity contribution in [1.29, 1.82) is 0 Å². The third kappa shape index (κ3) is 2.86. The first kappa shape index (κ1) is 13.8. The van der Waals surface area contributed by atoms with E-state index in [2.05, 4.69) is 5.43 Å². The number of nitrogens with two attached hydrogens (primary N) is 1. The Morgan fingerprint density at radius 3 is 2.65 bits per heavy atom. The minimum absolute atomic E-state index is 0.0709. The van der Waals surface area contributed by atoms with Crippen molar-refractivity contribution in [2.45, 2.75) is 13.5 Å². The predicted octanol–water partition coefficient (Wildman–Crippen LogP) is 2.77. The van der Waals surface area contributed by atoms with Gasteiger partial charge in [0.25, 0.3) is 5.69 Å². The van der Waals surface area contributed by atoms with E-state index in [1.54, 1.807) is 12.1 Å². The molecular weight excluding hydrogens is 258 g/mol. The van der Waals surface area contributed by atoms with Gasteiger partial charge in [-0.15, -0.1) is 0 Å². The third-order valence-electron chi connectivity index (χ3n) is 2.95. The number of rotatable bonds is 5. The molecule has 0 aliphatic rings. The van der Waals surface area contributed by atoms with Gasteiger partial charge in [-0.3, -0.25) is 16.0 Å². The zero-order valence-corrected chi connectivity index (χ0v) is 11.0. The number of para-hydroxylation sites is 2. The highest BCUT2D eigenvalue weighted by atomic mass is 16.6. The smallest absolute Gasteiger partial charge is 0.294 e. The molecule has 104 valence electrons. The summed E-state index contributed by atoms with van der Waals surface area (Å²) in [5.41, 5.74) is 4.20. The monoisotopic (exact) mass is 273 g/mol. The van der Waals surface area contributed by atoms with Crippen molar-refractivity contribution < 1.29 is 9.66 Å². The molecule has 0 heterocycles. The standard InChI is InChI=1S/C14H15N3O3/c1-10-5-2-3-8-13(10)20-9-11-6-4-7-12(17(18)19)14(11)16-15/h2-8,16H,9,15H2,1H3. The van der Waals surface area contributed by atoms with Gasteiger partial charge in [-0.25, -0.2) is 0 Å². The van der Waals surface area contributed by atoms with Crippen molar-refractivity contribution in [3.63, 3.8) is 0 Å². The summed E-state index contributed by atoms with van der Waals surface area (Å²) < 4.78 is 5.68. The molecule has 2 rings (SSSR count). The van der Waals surface area contributed by atoms with Crippen LogP contribution in [0.25, 0.3) is 0 Å². The van der Waals surface area contributed by atoms with Crippen LogP contribution in [0.5, 0.6) is 5.75 Å². The maximum absolute atomic E-state index is 10.9. The molecule has 0 unspecified atom stereocenters. The SMILES string of the molecule is Cc1ccccc1OCc1cccc([N+](=O)[O-])c1NN. The van der Waals surface area contributed by atoms with Gasteiger partial charge in [0, 0.05) is 11.6 Å². The summed E-state index contributed by atoms with van der Waals surface area (Å²) in [7, 11) is 0. The van der Waals surface area contributed by atoms with Gasteiger partial charge in [-0.2, -0.15) is 0 Å². The van der Waals surface area contributed by atoms with E-state index in [9.17, 15) is 10.1 Å². The summed E-state index contributed by atoms with van der Waals surface area (Å²) in [6.07, 6.45) is 0. The summed E-state index contributed by atoms with van der Waals surface area (Å²) in [4.78, 5) is 10.5. The van der Waals surface area contributed by atoms with Crippen LogP contribution < -0.4 is 16.0 Å². The summed E-state index contributed by atoms with van der Waals surface area (Å²) in [6, 6.07) is 12.3. The van der Waals surface area contributed by atoms with Gasteiger partial charge in [-0.05, 0) is 18.6 Å². The number of nitro benzene ring substituents is 1. The third-order valence-corrected chi connectivity index (χ3v) is 2.95. The molecule has 0 saturated carbocycles. The number of benzene rings is 2. The van der Waals surface area contributed by atoms with Crippen molar-refractivity contribution >= 4 is 11.4 Å². The highest BCUT2D eigenvalue weighted by molar-refractivity contribution is 5.65. The summed E-state index contributed by atoms with van der Waals surface area (Å²) in [5.74, 6) is 6.12. The fraction of sp³-hybridized carbons (Fsp3) is 0.143. The molecule has 0 atom stereocenters. The lowest BCUT2D eigenvalue weighted by molar-refractivity contribution is -0.384. The van der Waals surface area contributed by atoms with Crippen LogP contribution in [-0.4, -0.2) is 4.92 Å². The Kier molecular flexibility index (Phi) is 4.17. The van der Waals surface area contributed by atoms with Crippen LogP contribution >= 0.6 is 0 Å². The van der Waals surface area contributed by atoms with E-state index in [0.717, 1.165) is 11.3 Å². The molecule has 0 aliphatic heterocycles. The lowest BCUT2D eigenvalue weighted by atomic mass is 10.1. The van der Waals surface area contributed by atoms with Crippen molar-refractivity contribution in [3.8, 4) is 5.75 Å². The van der Waals surface area contributed by atoms with Crippen LogP contribution in [0.3, 0.4) is 0 Å². The van der Waals surface area contributed by atoms with Crippen molar-refractivity contribution in [2.24, 2.45) is 5.84 Å². The fourth-order valence-electron chi connectivity index (χ4n) is 1.90. The van der Waals surface area contributed by atoms with Crippen LogP contribution in [0.1, 0.15) is 11.1 Å². The molecule has 6 heteroatoms. The second-order valence-electron chi connectivity index (χ2n) is 4.27. The van der Waals surface area contributed by atoms with E-state index in [0.29, 0.717) is 5.56 Å². The van der Waals surface area contributed by atoms with E-state index in [-0.39, 0.29) is 18.0 Å². The number of aryl methyl sites for hydroxylation is 1. The Balaban J connectivity index is 2.24. The molecule has 0 saturated heterocycles. The number of nitrogens with one attached hydrogen (secondary N) is 1. The number of hydrogen-bond acceptors (Lipinski definition) is 5. The fourth-order valence-corrected chi connectivity index (χ4v) is 1.90. The second kappa shape index (κ2) is 6.03. The molecule has 2 aromatic carbocycles. The number of nitro groups is 1. The average molecular weight is 273 g/mol. The van der Waals surface area contributed by atoms with Gasteiger partial charge in [0.15, 0.2) is 0 Å². The quantitative estimate of drug-likeness (QED) is 0.496. The van der Waals surface area contributed by atoms with Gasteiger partial charge in [-0.1, -0.05) is 30.3 Å². The zero-order valence-electron chi connectivity index (χ0n) is 11.0. The first-order valence-electron chi connectivity index (χ1n) is 6.05. The number of nitrogen functional groups attached to an aromatic ring is 1. The minimum Gasteiger partial charge on any atom is -0.489 e. The molecule has 0 radical (unpaired) electrons. The lowest BCUT2D eigenvalue weighted by Crippen LogP contribution is -2.12. The molecule has 3 N–H and O–H groups in total. The molecule has 2 aromatic rings. The van der Waals surface area contributed by atoms with Gasteiger partial charge < -0.3 is 10.2 Å². The molecule has 0 aliphatic carbocycles. The van der Waals surface area contributed by atoms with Crippen LogP contribution in [0.4, 0.5) is 11.4 Å². The highest BCUT2D eigenvalue weighted by Gasteiger charge is 2.16. The molecule has 20 heavy (non-hydrogen) atoms. The number of hydrogen-bond donors (Lipinski definition) is 2. The van der Waals surface area contributed by atoms with Gasteiger partial charge in [0.1, 0.15) is 18.0 Å². The molecule has 0 fully saturated rings. The molecular formula is C14H15N3O3. The maximum atomic E-state index is 10.9. The van der Waals surface area contributed by atoms with Crippen LogP contribution in [-0.2, 0) is 6.61 Å². The van der Waals surface area contributed by atoms with E-state index in [1.807, 2.05) is 31.2 Å². The largest absolute Gasteiger partial charge is 0.489 e. The molecule has 0 spiro atoms. The molecule has 0 bridgehead atoms. The first-order valence-corrected chi connectivity index (χ1v) is 6.05. The molecule has 0 aromatic heterocycles. The van der Waals surface area contributed by atoms with Crippen LogP contribution in [0.2, 0.25) is 0 Å². The molecule has 0 amide bonds. The van der Waals surface area contributed by atoms with E-state index in [4.69, 9.17) is 10.6 Å². The number of ether oxygens (including phenoxy) is 1. The van der Waals surface area contributed by atoms with Crippen LogP contribution in [0.15, 0.2) is 42.5 Å². The number of hydrazine groups is 1. The average Bonchev–Trinajstić information content (AvgIpc) is 2.45. The summed E-state index contributed by atoms with van der Waals surface area (Å²) >= 11 is 0. The number of anilines is 1. The Hall–Kier alpha value is -2.60. The van der Waals surface area contributed by atoms with Gasteiger partial charge >= 0.3 is 0 Å². The van der Waals surface area contributed by atoms with Crippen LogP contribution in [0, 0.1) is 17.0 Å². The minimum atomic E-state index is -0.480. The Morgan fingerprint density at radius 2 is 2.00 bits per heavy atom. The van der Waals surface area contributed by atoms with E-state index >= 15 is 0 Å². The van der Waals surface area contributed by atoms with Gasteiger partial charge in [0.2, 0.25) is 0 Å². The normalized spacial score (nSPS) is 10.1. The molecule has 6 nitrogen and oxygen atoms in total. The summed E-state index contributed by atoms with van der Waals surface area (Å²) in [5, 5.41) is 10.9. The summed E-state index contributed by atoms with van der Waals surface area (Å²) in [6.45, 7) is 2.14. The Labute approximate surface area is 116 Å². The van der Waals surface area contributed by atoms with Crippen molar-refractivity contribution in [1.82, 2.24) is 0 Å². The maximum Gasteiger partial charge on any atom is 0.294 e. The zero-order chi connectivity index (χ0) is 14.5. The Morgan fingerprint density at radius 1 is 1.25 bits per heavy atom. The Bertz CT molecular complexity index is 629. The lowest BCUT2D eigenvalue weighted by Gasteiger charge is -2.12. The van der Waals surface area contributed by atoms with Crippen molar-refractivity contribution in [2.75, 3.05) is 5.43 Å². The second-order valence-corrected chi connectivity index (χ2v) is 4.27. The van der Waals surface area contributed by atoms with E-state index < -0.39 is 4.92 Å². The van der Waals surface area contributed by atoms with E-state index in [1.165, 1.54) is 6.07 Å².